The first-order chi connectivity index (χ1) is 8.72. The van der Waals surface area contributed by atoms with Crippen LogP contribution in [-0.4, -0.2) is 30.9 Å². The predicted molar refractivity (Wildman–Crippen MR) is 68.1 cm³/mol. The van der Waals surface area contributed by atoms with E-state index in [9.17, 15) is 0 Å². The van der Waals surface area contributed by atoms with Crippen molar-refractivity contribution in [3.05, 3.63) is 29.3 Å². The fraction of sp³-hybridized carbons (Fsp3) is 0.462. The molecular formula is C13H18N2O3. The molecule has 1 aromatic rings. The van der Waals surface area contributed by atoms with Crippen LogP contribution in [0, 0.1) is 12.8 Å². The molecular weight excluding hydrogens is 232 g/mol. The summed E-state index contributed by atoms with van der Waals surface area (Å²) in [6.45, 7) is 4.07. The molecule has 5 heteroatoms. The third-order valence-electron chi connectivity index (χ3n) is 3.08. The Hall–Kier alpha value is -1.75. The molecule has 1 aliphatic heterocycles. The molecule has 0 bridgehead atoms. The molecule has 0 saturated carbocycles. The van der Waals surface area contributed by atoms with Crippen molar-refractivity contribution in [2.75, 3.05) is 19.8 Å². The first-order valence-electron chi connectivity index (χ1n) is 6.00. The lowest BCUT2D eigenvalue weighted by Gasteiger charge is -2.15. The number of amidine groups is 1. The van der Waals surface area contributed by atoms with Gasteiger partial charge in [0.15, 0.2) is 5.84 Å². The Balaban J connectivity index is 2.14. The minimum absolute atomic E-state index is 0.0661. The summed E-state index contributed by atoms with van der Waals surface area (Å²) in [4.78, 5) is 0. The van der Waals surface area contributed by atoms with E-state index < -0.39 is 0 Å². The molecule has 98 valence electrons. The SMILES string of the molecule is Cc1cccc(/C(N)=N/O)c1OCC1CCOC1. The normalized spacial score (nSPS) is 20.1. The van der Waals surface area contributed by atoms with Crippen molar-refractivity contribution in [2.45, 2.75) is 13.3 Å². The highest BCUT2D eigenvalue weighted by Crippen LogP contribution is 2.25. The second-order valence-electron chi connectivity index (χ2n) is 4.48. The van der Waals surface area contributed by atoms with Crippen LogP contribution < -0.4 is 10.5 Å². The lowest BCUT2D eigenvalue weighted by Crippen LogP contribution is -2.18. The van der Waals surface area contributed by atoms with Gasteiger partial charge in [0.05, 0.1) is 18.8 Å². The number of oxime groups is 1. The second kappa shape index (κ2) is 5.73. The van der Waals surface area contributed by atoms with Crippen LogP contribution in [0.5, 0.6) is 5.75 Å². The topological polar surface area (TPSA) is 77.1 Å². The number of nitrogens with zero attached hydrogens (tertiary/aromatic N) is 1. The molecule has 0 amide bonds. The Morgan fingerprint density at radius 1 is 1.61 bits per heavy atom. The number of hydrogen-bond donors (Lipinski definition) is 2. The van der Waals surface area contributed by atoms with E-state index in [0.717, 1.165) is 25.2 Å². The van der Waals surface area contributed by atoms with E-state index in [1.807, 2.05) is 19.1 Å². The number of benzene rings is 1. The van der Waals surface area contributed by atoms with E-state index in [-0.39, 0.29) is 5.84 Å². The van der Waals surface area contributed by atoms with Crippen molar-refractivity contribution < 1.29 is 14.7 Å². The fourth-order valence-electron chi connectivity index (χ4n) is 2.02. The molecule has 1 aliphatic rings. The molecule has 1 fully saturated rings. The summed E-state index contributed by atoms with van der Waals surface area (Å²) >= 11 is 0. The molecule has 5 nitrogen and oxygen atoms in total. The maximum absolute atomic E-state index is 8.77. The van der Waals surface area contributed by atoms with Crippen LogP contribution in [0.15, 0.2) is 23.4 Å². The smallest absolute Gasteiger partial charge is 0.173 e. The van der Waals surface area contributed by atoms with Crippen LogP contribution in [-0.2, 0) is 4.74 Å². The third kappa shape index (κ3) is 2.73. The molecule has 0 spiro atoms. The fourth-order valence-corrected chi connectivity index (χ4v) is 2.02. The number of para-hydroxylation sites is 1. The molecule has 0 aromatic heterocycles. The van der Waals surface area contributed by atoms with Crippen molar-refractivity contribution in [1.82, 2.24) is 0 Å². The first kappa shape index (κ1) is 12.7. The van der Waals surface area contributed by atoms with Crippen LogP contribution in [0.3, 0.4) is 0 Å². The van der Waals surface area contributed by atoms with Gasteiger partial charge in [-0.1, -0.05) is 17.3 Å². The van der Waals surface area contributed by atoms with Gasteiger partial charge in [0.1, 0.15) is 5.75 Å². The van der Waals surface area contributed by atoms with Crippen molar-refractivity contribution in [1.29, 1.82) is 0 Å². The summed E-state index contributed by atoms with van der Waals surface area (Å²) in [5, 5.41) is 11.8. The molecule has 1 saturated heterocycles. The minimum Gasteiger partial charge on any atom is -0.492 e. The predicted octanol–water partition coefficient (Wildman–Crippen LogP) is 1.50. The van der Waals surface area contributed by atoms with Gasteiger partial charge in [0, 0.05) is 12.5 Å². The van der Waals surface area contributed by atoms with E-state index >= 15 is 0 Å². The number of ether oxygens (including phenoxy) is 2. The van der Waals surface area contributed by atoms with Crippen LogP contribution in [0.4, 0.5) is 0 Å². The zero-order valence-corrected chi connectivity index (χ0v) is 10.4. The number of aryl methyl sites for hydroxylation is 1. The van der Waals surface area contributed by atoms with Crippen LogP contribution in [0.25, 0.3) is 0 Å². The van der Waals surface area contributed by atoms with E-state index in [2.05, 4.69) is 5.16 Å². The van der Waals surface area contributed by atoms with Crippen LogP contribution >= 0.6 is 0 Å². The van der Waals surface area contributed by atoms with Crippen LogP contribution in [0.2, 0.25) is 0 Å². The van der Waals surface area contributed by atoms with E-state index in [0.29, 0.717) is 23.8 Å². The minimum atomic E-state index is 0.0661. The molecule has 18 heavy (non-hydrogen) atoms. The Morgan fingerprint density at radius 3 is 3.11 bits per heavy atom. The maximum Gasteiger partial charge on any atom is 0.173 e. The molecule has 3 N–H and O–H groups in total. The Bertz CT molecular complexity index is 440. The molecule has 1 atom stereocenters. The zero-order chi connectivity index (χ0) is 13.0. The molecule has 0 radical (unpaired) electrons. The Morgan fingerprint density at radius 2 is 2.44 bits per heavy atom. The lowest BCUT2D eigenvalue weighted by molar-refractivity contribution is 0.167. The van der Waals surface area contributed by atoms with Gasteiger partial charge in [-0.3, -0.25) is 0 Å². The number of nitrogens with two attached hydrogens (primary N) is 1. The molecule has 1 aromatic carbocycles. The molecule has 0 aliphatic carbocycles. The van der Waals surface area contributed by atoms with Crippen molar-refractivity contribution in [3.8, 4) is 5.75 Å². The van der Waals surface area contributed by atoms with Crippen molar-refractivity contribution in [3.63, 3.8) is 0 Å². The van der Waals surface area contributed by atoms with Gasteiger partial charge in [0.25, 0.3) is 0 Å². The molecule has 2 rings (SSSR count). The van der Waals surface area contributed by atoms with Gasteiger partial charge < -0.3 is 20.4 Å². The van der Waals surface area contributed by atoms with Crippen molar-refractivity contribution in [2.24, 2.45) is 16.8 Å². The summed E-state index contributed by atoms with van der Waals surface area (Å²) in [5.41, 5.74) is 7.24. The zero-order valence-electron chi connectivity index (χ0n) is 10.4. The Labute approximate surface area is 106 Å². The summed E-state index contributed by atoms with van der Waals surface area (Å²) in [7, 11) is 0. The highest BCUT2D eigenvalue weighted by molar-refractivity contribution is 5.99. The maximum atomic E-state index is 8.77. The van der Waals surface area contributed by atoms with Gasteiger partial charge in [-0.25, -0.2) is 0 Å². The van der Waals surface area contributed by atoms with Gasteiger partial charge in [-0.15, -0.1) is 0 Å². The first-order valence-corrected chi connectivity index (χ1v) is 6.00. The van der Waals surface area contributed by atoms with Gasteiger partial charge in [-0.2, -0.15) is 0 Å². The highest BCUT2D eigenvalue weighted by Gasteiger charge is 2.18. The quantitative estimate of drug-likeness (QED) is 0.367. The molecule has 1 unspecified atom stereocenters. The highest BCUT2D eigenvalue weighted by atomic mass is 16.5. The summed E-state index contributed by atoms with van der Waals surface area (Å²) in [6.07, 6.45) is 1.02. The number of rotatable bonds is 4. The van der Waals surface area contributed by atoms with Crippen molar-refractivity contribution >= 4 is 5.84 Å². The van der Waals surface area contributed by atoms with Gasteiger partial charge >= 0.3 is 0 Å². The monoisotopic (exact) mass is 250 g/mol. The summed E-state index contributed by atoms with van der Waals surface area (Å²) in [6, 6.07) is 5.57. The third-order valence-corrected chi connectivity index (χ3v) is 3.08. The largest absolute Gasteiger partial charge is 0.492 e. The average molecular weight is 250 g/mol. The lowest BCUT2D eigenvalue weighted by atomic mass is 10.1. The number of hydrogen-bond acceptors (Lipinski definition) is 4. The van der Waals surface area contributed by atoms with Gasteiger partial charge in [-0.05, 0) is 25.0 Å². The second-order valence-corrected chi connectivity index (χ2v) is 4.48. The summed E-state index contributed by atoms with van der Waals surface area (Å²) in [5.74, 6) is 1.17. The van der Waals surface area contributed by atoms with E-state index in [1.165, 1.54) is 0 Å². The summed E-state index contributed by atoms with van der Waals surface area (Å²) < 4.78 is 11.1. The Kier molecular flexibility index (Phi) is 4.04. The van der Waals surface area contributed by atoms with E-state index in [1.54, 1.807) is 6.07 Å². The van der Waals surface area contributed by atoms with Crippen LogP contribution in [0.1, 0.15) is 17.5 Å². The average Bonchev–Trinajstić information content (AvgIpc) is 2.89. The van der Waals surface area contributed by atoms with E-state index in [4.69, 9.17) is 20.4 Å². The van der Waals surface area contributed by atoms with Gasteiger partial charge in [0.2, 0.25) is 0 Å². The standard InChI is InChI=1S/C13H18N2O3/c1-9-3-2-4-11(13(14)15-16)12(9)18-8-10-5-6-17-7-10/h2-4,10,16H,5-8H2,1H3,(H2,14,15). The molecule has 1 heterocycles.